The molecule has 0 aliphatic heterocycles. The van der Waals surface area contributed by atoms with Gasteiger partial charge >= 0.3 is 0 Å². The molecule has 6 heteroatoms. The van der Waals surface area contributed by atoms with E-state index in [-0.39, 0.29) is 5.91 Å². The van der Waals surface area contributed by atoms with Crippen LogP contribution in [-0.4, -0.2) is 15.9 Å². The fraction of sp³-hybridized carbons (Fsp3) is 0.0385. The zero-order valence-corrected chi connectivity index (χ0v) is 17.4. The van der Waals surface area contributed by atoms with Crippen molar-refractivity contribution in [2.45, 2.75) is 6.92 Å². The van der Waals surface area contributed by atoms with E-state index in [1.54, 1.807) is 0 Å². The van der Waals surface area contributed by atoms with E-state index >= 15 is 0 Å². The van der Waals surface area contributed by atoms with Crippen LogP contribution in [0.4, 0.5) is 17.2 Å². The van der Waals surface area contributed by atoms with Crippen molar-refractivity contribution in [1.82, 2.24) is 9.97 Å². The van der Waals surface area contributed by atoms with E-state index in [1.807, 2.05) is 91.9 Å². The van der Waals surface area contributed by atoms with Gasteiger partial charge in [0.05, 0.1) is 5.69 Å². The number of anilines is 3. The molecule has 6 nitrogen and oxygen atoms in total. The summed E-state index contributed by atoms with van der Waals surface area (Å²) in [6, 6.07) is 26.9. The van der Waals surface area contributed by atoms with E-state index < -0.39 is 0 Å². The topological polar surface area (TPSA) is 80.0 Å². The first-order valence-corrected chi connectivity index (χ1v) is 10.2. The van der Waals surface area contributed by atoms with Crippen molar-refractivity contribution < 1.29 is 9.21 Å². The molecule has 0 radical (unpaired) electrons. The second-order valence-electron chi connectivity index (χ2n) is 7.36. The van der Waals surface area contributed by atoms with Gasteiger partial charge in [0.25, 0.3) is 5.91 Å². The molecule has 0 fully saturated rings. The highest BCUT2D eigenvalue weighted by atomic mass is 16.3. The molecule has 156 valence electrons. The number of rotatable bonds is 5. The number of para-hydroxylation sites is 1. The van der Waals surface area contributed by atoms with Gasteiger partial charge in [0, 0.05) is 34.0 Å². The van der Waals surface area contributed by atoms with Gasteiger partial charge in [0.1, 0.15) is 17.7 Å². The summed E-state index contributed by atoms with van der Waals surface area (Å²) in [5.74, 6) is 0.735. The number of aromatic nitrogens is 2. The highest BCUT2D eigenvalue weighted by molar-refractivity contribution is 6.06. The first-order valence-electron chi connectivity index (χ1n) is 10.2. The Morgan fingerprint density at radius 2 is 1.56 bits per heavy atom. The molecule has 0 spiro atoms. The van der Waals surface area contributed by atoms with E-state index in [1.165, 1.54) is 6.33 Å². The van der Waals surface area contributed by atoms with Gasteiger partial charge in [0.2, 0.25) is 0 Å². The normalized spacial score (nSPS) is 10.8. The maximum absolute atomic E-state index is 12.7. The highest BCUT2D eigenvalue weighted by Crippen LogP contribution is 2.26. The van der Waals surface area contributed by atoms with Crippen molar-refractivity contribution in [1.29, 1.82) is 0 Å². The lowest BCUT2D eigenvalue weighted by atomic mass is 10.1. The highest BCUT2D eigenvalue weighted by Gasteiger charge is 2.17. The standard InChI is InChI=1S/C26H20N4O2/c1-17-21-9-5-6-10-23(21)32-25(17)26(31)30-20-13-11-19(12-14-20)29-24-15-22(27-16-28-24)18-7-3-2-4-8-18/h2-16H,1H3,(H,30,31)(H,27,28,29). The van der Waals surface area contributed by atoms with Gasteiger partial charge in [-0.1, -0.05) is 48.5 Å². The van der Waals surface area contributed by atoms with Crippen molar-refractivity contribution >= 4 is 34.1 Å². The lowest BCUT2D eigenvalue weighted by Gasteiger charge is -2.09. The second-order valence-corrected chi connectivity index (χ2v) is 7.36. The van der Waals surface area contributed by atoms with E-state index in [0.29, 0.717) is 22.8 Å². The Morgan fingerprint density at radius 1 is 0.844 bits per heavy atom. The molecule has 2 heterocycles. The van der Waals surface area contributed by atoms with Crippen LogP contribution < -0.4 is 10.6 Å². The predicted octanol–water partition coefficient (Wildman–Crippen LogP) is 6.19. The Hall–Kier alpha value is -4.45. The molecule has 3 aromatic carbocycles. The van der Waals surface area contributed by atoms with Gasteiger partial charge < -0.3 is 15.1 Å². The first kappa shape index (κ1) is 19.5. The minimum atomic E-state index is -0.275. The van der Waals surface area contributed by atoms with Crippen molar-refractivity contribution in [2.24, 2.45) is 0 Å². The molecule has 0 saturated carbocycles. The first-order chi connectivity index (χ1) is 15.7. The Labute approximate surface area is 185 Å². The summed E-state index contributed by atoms with van der Waals surface area (Å²) in [4.78, 5) is 21.4. The van der Waals surface area contributed by atoms with Crippen LogP contribution in [0.25, 0.3) is 22.2 Å². The van der Waals surface area contributed by atoms with Gasteiger partial charge in [-0.3, -0.25) is 4.79 Å². The summed E-state index contributed by atoms with van der Waals surface area (Å²) in [6.45, 7) is 1.89. The number of furan rings is 1. The van der Waals surface area contributed by atoms with Crippen LogP contribution in [0, 0.1) is 6.92 Å². The Morgan fingerprint density at radius 3 is 2.34 bits per heavy atom. The number of carbonyl (C=O) groups is 1. The van der Waals surface area contributed by atoms with Crippen LogP contribution >= 0.6 is 0 Å². The summed E-state index contributed by atoms with van der Waals surface area (Å²) in [7, 11) is 0. The van der Waals surface area contributed by atoms with Gasteiger partial charge in [-0.25, -0.2) is 9.97 Å². The largest absolute Gasteiger partial charge is 0.451 e. The molecule has 32 heavy (non-hydrogen) atoms. The number of nitrogens with zero attached hydrogens (tertiary/aromatic N) is 2. The molecule has 0 atom stereocenters. The minimum absolute atomic E-state index is 0.275. The average Bonchev–Trinajstić information content (AvgIpc) is 3.18. The molecule has 5 aromatic rings. The van der Waals surface area contributed by atoms with Crippen molar-refractivity contribution in [3.63, 3.8) is 0 Å². The average molecular weight is 420 g/mol. The summed E-state index contributed by atoms with van der Waals surface area (Å²) < 4.78 is 5.74. The fourth-order valence-corrected chi connectivity index (χ4v) is 3.56. The Kier molecular flexibility index (Phi) is 5.09. The van der Waals surface area contributed by atoms with Crippen molar-refractivity contribution in [2.75, 3.05) is 10.6 Å². The van der Waals surface area contributed by atoms with Crippen LogP contribution in [0.5, 0.6) is 0 Å². The van der Waals surface area contributed by atoms with Crippen molar-refractivity contribution in [3.05, 3.63) is 103 Å². The lowest BCUT2D eigenvalue weighted by Crippen LogP contribution is -2.12. The number of aryl methyl sites for hydroxylation is 1. The molecule has 0 bridgehead atoms. The number of nitrogens with one attached hydrogen (secondary N) is 2. The Bertz CT molecular complexity index is 1390. The lowest BCUT2D eigenvalue weighted by molar-refractivity contribution is 0.0998. The summed E-state index contributed by atoms with van der Waals surface area (Å²) in [5.41, 5.74) is 4.92. The van der Waals surface area contributed by atoms with E-state index in [0.717, 1.165) is 27.9 Å². The van der Waals surface area contributed by atoms with E-state index in [4.69, 9.17) is 4.42 Å². The molecule has 0 aliphatic carbocycles. The number of amides is 1. The molecule has 2 N–H and O–H groups in total. The van der Waals surface area contributed by atoms with Crippen LogP contribution in [0.2, 0.25) is 0 Å². The van der Waals surface area contributed by atoms with Gasteiger partial charge in [-0.05, 0) is 37.3 Å². The van der Waals surface area contributed by atoms with Gasteiger partial charge in [-0.2, -0.15) is 0 Å². The Balaban J connectivity index is 1.29. The van der Waals surface area contributed by atoms with Gasteiger partial charge in [-0.15, -0.1) is 0 Å². The minimum Gasteiger partial charge on any atom is -0.451 e. The molecule has 0 aliphatic rings. The fourth-order valence-electron chi connectivity index (χ4n) is 3.56. The number of fused-ring (bicyclic) bond motifs is 1. The third-order valence-corrected chi connectivity index (χ3v) is 5.20. The SMILES string of the molecule is Cc1c(C(=O)Nc2ccc(Nc3cc(-c4ccccc4)ncn3)cc2)oc2ccccc12. The third-order valence-electron chi connectivity index (χ3n) is 5.20. The third kappa shape index (κ3) is 3.94. The van der Waals surface area contributed by atoms with Crippen LogP contribution in [0.15, 0.2) is 95.7 Å². The predicted molar refractivity (Wildman–Crippen MR) is 126 cm³/mol. The van der Waals surface area contributed by atoms with E-state index in [2.05, 4.69) is 20.6 Å². The monoisotopic (exact) mass is 420 g/mol. The summed E-state index contributed by atoms with van der Waals surface area (Å²) in [6.07, 6.45) is 1.54. The number of hydrogen-bond acceptors (Lipinski definition) is 5. The molecule has 0 saturated heterocycles. The molecule has 2 aromatic heterocycles. The van der Waals surface area contributed by atoms with Gasteiger partial charge in [0.15, 0.2) is 5.76 Å². The van der Waals surface area contributed by atoms with Crippen molar-refractivity contribution in [3.8, 4) is 11.3 Å². The summed E-state index contributed by atoms with van der Waals surface area (Å²) >= 11 is 0. The smallest absolute Gasteiger partial charge is 0.291 e. The van der Waals surface area contributed by atoms with E-state index in [9.17, 15) is 4.79 Å². The van der Waals surface area contributed by atoms with Crippen LogP contribution in [0.1, 0.15) is 16.1 Å². The maximum atomic E-state index is 12.7. The molecule has 5 rings (SSSR count). The second kappa shape index (κ2) is 8.35. The van der Waals surface area contributed by atoms with Crippen LogP contribution in [0.3, 0.4) is 0 Å². The number of hydrogen-bond donors (Lipinski definition) is 2. The number of benzene rings is 3. The molecule has 1 amide bonds. The zero-order chi connectivity index (χ0) is 21.9. The molecule has 0 unspecified atom stereocenters. The summed E-state index contributed by atoms with van der Waals surface area (Å²) in [5, 5.41) is 7.11. The maximum Gasteiger partial charge on any atom is 0.291 e. The van der Waals surface area contributed by atoms with Crippen LogP contribution in [-0.2, 0) is 0 Å². The number of carbonyl (C=O) groups excluding carboxylic acids is 1. The zero-order valence-electron chi connectivity index (χ0n) is 17.4. The molecular formula is C26H20N4O2. The molecular weight excluding hydrogens is 400 g/mol. The quantitative estimate of drug-likeness (QED) is 0.354.